The second-order valence-corrected chi connectivity index (χ2v) is 9.85. The van der Waals surface area contributed by atoms with E-state index in [1.807, 2.05) is 11.3 Å². The van der Waals surface area contributed by atoms with Gasteiger partial charge in [0.15, 0.2) is 5.82 Å². The van der Waals surface area contributed by atoms with E-state index in [2.05, 4.69) is 41.7 Å². The van der Waals surface area contributed by atoms with E-state index in [0.29, 0.717) is 5.28 Å². The Kier molecular flexibility index (Phi) is 5.33. The Morgan fingerprint density at radius 3 is 2.44 bits per heavy atom. The maximum atomic E-state index is 6.25. The summed E-state index contributed by atoms with van der Waals surface area (Å²) < 4.78 is 13.3. The van der Waals surface area contributed by atoms with Gasteiger partial charge >= 0.3 is 0 Å². The van der Waals surface area contributed by atoms with E-state index in [1.165, 1.54) is 4.88 Å². The van der Waals surface area contributed by atoms with Gasteiger partial charge in [-0.1, -0.05) is 0 Å². The Bertz CT molecular complexity index is 808. The fraction of sp³-hybridized carbons (Fsp3) is 0.684. The van der Waals surface area contributed by atoms with Crippen molar-refractivity contribution in [1.29, 1.82) is 0 Å². The number of quaternary nitrogens is 1. The summed E-state index contributed by atoms with van der Waals surface area (Å²) in [6.07, 6.45) is 0. The summed E-state index contributed by atoms with van der Waals surface area (Å²) in [6.45, 7) is 14.9. The lowest BCUT2D eigenvalue weighted by molar-refractivity contribution is -0.988. The minimum Gasteiger partial charge on any atom is -0.378 e. The van der Waals surface area contributed by atoms with Crippen LogP contribution in [0.2, 0.25) is 5.28 Å². The third kappa shape index (κ3) is 3.80. The van der Waals surface area contributed by atoms with Crippen LogP contribution in [0.3, 0.4) is 0 Å². The highest BCUT2D eigenvalue weighted by atomic mass is 35.5. The van der Waals surface area contributed by atoms with Crippen LogP contribution in [0, 0.1) is 0 Å². The monoisotopic (exact) mass is 411 g/mol. The maximum absolute atomic E-state index is 6.25. The van der Waals surface area contributed by atoms with Crippen LogP contribution in [-0.4, -0.2) is 72.6 Å². The zero-order valence-electron chi connectivity index (χ0n) is 16.3. The van der Waals surface area contributed by atoms with Crippen LogP contribution in [0.15, 0.2) is 6.07 Å². The highest BCUT2D eigenvalue weighted by molar-refractivity contribution is 7.19. The lowest BCUT2D eigenvalue weighted by Crippen LogP contribution is -2.64. The fourth-order valence-electron chi connectivity index (χ4n) is 4.06. The third-order valence-electron chi connectivity index (χ3n) is 5.90. The zero-order valence-corrected chi connectivity index (χ0v) is 17.9. The summed E-state index contributed by atoms with van der Waals surface area (Å²) in [7, 11) is 0. The Morgan fingerprint density at radius 1 is 1.11 bits per heavy atom. The van der Waals surface area contributed by atoms with Crippen molar-refractivity contribution in [2.24, 2.45) is 0 Å². The molecule has 0 bridgehead atoms. The second-order valence-electron chi connectivity index (χ2n) is 8.38. The molecule has 2 aromatic rings. The molecule has 0 amide bonds. The molecule has 0 aromatic carbocycles. The summed E-state index contributed by atoms with van der Waals surface area (Å²) in [5.41, 5.74) is 1.12. The van der Waals surface area contributed by atoms with Gasteiger partial charge in [0.2, 0.25) is 5.28 Å². The average molecular weight is 412 g/mol. The molecule has 4 heterocycles. The van der Waals surface area contributed by atoms with Gasteiger partial charge in [-0.2, -0.15) is 4.98 Å². The minimum atomic E-state index is 0.163. The van der Waals surface area contributed by atoms with Gasteiger partial charge < -0.3 is 18.9 Å². The maximum Gasteiger partial charge on any atom is 0.224 e. The molecule has 0 saturated carbocycles. The van der Waals surface area contributed by atoms with Gasteiger partial charge in [0.05, 0.1) is 47.1 Å². The summed E-state index contributed by atoms with van der Waals surface area (Å²) in [6, 6.07) is 2.21. The summed E-state index contributed by atoms with van der Waals surface area (Å²) in [5, 5.41) is 0.319. The molecule has 2 aromatic heterocycles. The number of hydrogen-bond donors (Lipinski definition) is 0. The SMILES string of the molecule is CC(C)(C)[N+]1(Cc2cc3nc(Cl)nc(N4CCOCC4)c3s2)CCOCC1. The molecule has 0 N–H and O–H groups in total. The molecular formula is C19H28ClN4O2S+. The summed E-state index contributed by atoms with van der Waals surface area (Å²) >= 11 is 8.06. The number of halogens is 1. The number of aromatic nitrogens is 2. The van der Waals surface area contributed by atoms with E-state index >= 15 is 0 Å². The topological polar surface area (TPSA) is 47.5 Å². The van der Waals surface area contributed by atoms with E-state index in [9.17, 15) is 0 Å². The highest BCUT2D eigenvalue weighted by Gasteiger charge is 2.42. The number of fused-ring (bicyclic) bond motifs is 1. The molecule has 27 heavy (non-hydrogen) atoms. The molecule has 2 fully saturated rings. The number of ether oxygens (including phenoxy) is 2. The van der Waals surface area contributed by atoms with Crippen molar-refractivity contribution < 1.29 is 14.0 Å². The minimum absolute atomic E-state index is 0.163. The molecule has 148 valence electrons. The van der Waals surface area contributed by atoms with Crippen molar-refractivity contribution >= 4 is 39.0 Å². The van der Waals surface area contributed by atoms with E-state index in [-0.39, 0.29) is 5.54 Å². The normalized spacial score (nSPS) is 21.0. The number of nitrogens with zero attached hydrogens (tertiary/aromatic N) is 4. The van der Waals surface area contributed by atoms with Gasteiger partial charge in [0.1, 0.15) is 19.6 Å². The van der Waals surface area contributed by atoms with Gasteiger partial charge in [-0.15, -0.1) is 11.3 Å². The Hall–Kier alpha value is -0.990. The summed E-state index contributed by atoms with van der Waals surface area (Å²) in [4.78, 5) is 12.7. The lowest BCUT2D eigenvalue weighted by atomic mass is 9.99. The number of anilines is 1. The Labute approximate surface area is 169 Å². The molecule has 8 heteroatoms. The molecule has 0 spiro atoms. The zero-order chi connectivity index (χ0) is 19.1. The van der Waals surface area contributed by atoms with Crippen LogP contribution in [0.5, 0.6) is 0 Å². The van der Waals surface area contributed by atoms with E-state index < -0.39 is 0 Å². The van der Waals surface area contributed by atoms with Gasteiger partial charge in [-0.05, 0) is 38.4 Å². The van der Waals surface area contributed by atoms with Crippen LogP contribution >= 0.6 is 22.9 Å². The van der Waals surface area contributed by atoms with Gasteiger partial charge in [-0.25, -0.2) is 4.98 Å². The van der Waals surface area contributed by atoms with E-state index in [1.54, 1.807) is 0 Å². The molecule has 6 nitrogen and oxygen atoms in total. The standard InChI is InChI=1S/C19H28ClN4O2S/c1-19(2,3)24(6-10-26-11-7-24)13-14-12-15-16(27-14)17(22-18(20)21-15)23-4-8-25-9-5-23/h12H,4-11,13H2,1-3H3/q+1. The molecule has 2 aliphatic rings. The molecule has 0 aliphatic carbocycles. The van der Waals surface area contributed by atoms with Crippen LogP contribution < -0.4 is 4.90 Å². The smallest absolute Gasteiger partial charge is 0.224 e. The van der Waals surface area contributed by atoms with Crippen molar-refractivity contribution in [2.45, 2.75) is 32.9 Å². The number of hydrogen-bond acceptors (Lipinski definition) is 6. The number of rotatable bonds is 3. The first-order valence-corrected chi connectivity index (χ1v) is 10.8. The summed E-state index contributed by atoms with van der Waals surface area (Å²) in [5.74, 6) is 0.953. The van der Waals surface area contributed by atoms with Crippen molar-refractivity contribution in [3.05, 3.63) is 16.2 Å². The van der Waals surface area contributed by atoms with E-state index in [4.69, 9.17) is 21.1 Å². The van der Waals surface area contributed by atoms with Crippen LogP contribution in [0.1, 0.15) is 25.6 Å². The third-order valence-corrected chi connectivity index (χ3v) is 7.17. The first-order valence-electron chi connectivity index (χ1n) is 9.61. The second kappa shape index (κ2) is 7.44. The molecule has 2 aliphatic heterocycles. The van der Waals surface area contributed by atoms with E-state index in [0.717, 1.165) is 79.7 Å². The van der Waals surface area contributed by atoms with Crippen molar-refractivity contribution in [2.75, 3.05) is 57.5 Å². The average Bonchev–Trinajstić information content (AvgIpc) is 3.03. The molecule has 2 saturated heterocycles. The van der Waals surface area contributed by atoms with Crippen molar-refractivity contribution in [1.82, 2.24) is 9.97 Å². The Morgan fingerprint density at radius 2 is 1.78 bits per heavy atom. The first kappa shape index (κ1) is 19.3. The largest absolute Gasteiger partial charge is 0.378 e. The number of morpholine rings is 2. The van der Waals surface area contributed by atoms with Gasteiger partial charge in [-0.3, -0.25) is 0 Å². The van der Waals surface area contributed by atoms with Crippen LogP contribution in [0.4, 0.5) is 5.82 Å². The highest BCUT2D eigenvalue weighted by Crippen LogP contribution is 2.37. The van der Waals surface area contributed by atoms with Crippen molar-refractivity contribution in [3.8, 4) is 0 Å². The van der Waals surface area contributed by atoms with Crippen LogP contribution in [-0.2, 0) is 16.0 Å². The van der Waals surface area contributed by atoms with Gasteiger partial charge in [0.25, 0.3) is 0 Å². The lowest BCUT2D eigenvalue weighted by Gasteiger charge is -2.50. The number of thiophene rings is 1. The van der Waals surface area contributed by atoms with Crippen LogP contribution in [0.25, 0.3) is 10.2 Å². The quantitative estimate of drug-likeness (QED) is 0.572. The molecule has 4 rings (SSSR count). The fourth-order valence-corrected chi connectivity index (χ4v) is 5.45. The molecule has 0 radical (unpaired) electrons. The van der Waals surface area contributed by atoms with Gasteiger partial charge in [0, 0.05) is 13.1 Å². The molecule has 0 atom stereocenters. The molecule has 0 unspecified atom stereocenters. The molecular weight excluding hydrogens is 384 g/mol. The van der Waals surface area contributed by atoms with Crippen molar-refractivity contribution in [3.63, 3.8) is 0 Å². The first-order chi connectivity index (χ1) is 12.9. The Balaban J connectivity index is 1.70. The predicted molar refractivity (Wildman–Crippen MR) is 110 cm³/mol. The predicted octanol–water partition coefficient (Wildman–Crippen LogP) is 3.33.